The number of hydrogen-bond acceptors (Lipinski definition) is 3. The molecule has 1 aromatic carbocycles. The van der Waals surface area contributed by atoms with E-state index in [-0.39, 0.29) is 12.3 Å². The molecule has 0 aliphatic rings. The van der Waals surface area contributed by atoms with Gasteiger partial charge in [-0.1, -0.05) is 30.3 Å². The summed E-state index contributed by atoms with van der Waals surface area (Å²) in [4.78, 5) is 24.6. The molecule has 0 aliphatic carbocycles. The fraction of sp³-hybridized carbons (Fsp3) is 0.250. The Balaban J connectivity index is 2.09. The Bertz CT molecular complexity index is 618. The van der Waals surface area contributed by atoms with E-state index in [0.29, 0.717) is 18.5 Å². The Hall–Kier alpha value is -2.56. The summed E-state index contributed by atoms with van der Waals surface area (Å²) in [6.07, 6.45) is 2.03. The molecule has 0 fully saturated rings. The van der Waals surface area contributed by atoms with Crippen molar-refractivity contribution in [2.75, 3.05) is 13.1 Å². The van der Waals surface area contributed by atoms with E-state index in [4.69, 9.17) is 9.52 Å². The maximum absolute atomic E-state index is 12.4. The number of hydrogen-bond donors (Lipinski definition) is 1. The number of aryl methyl sites for hydroxylation is 1. The molecule has 0 unspecified atom stereocenters. The number of carbonyl (C=O) groups excluding carboxylic acids is 1. The summed E-state index contributed by atoms with van der Waals surface area (Å²) in [7, 11) is 0. The first-order valence-corrected chi connectivity index (χ1v) is 6.67. The molecule has 110 valence electrons. The predicted molar refractivity (Wildman–Crippen MR) is 77.1 cm³/mol. The minimum Gasteiger partial charge on any atom is -0.480 e. The van der Waals surface area contributed by atoms with E-state index < -0.39 is 11.9 Å². The van der Waals surface area contributed by atoms with Crippen molar-refractivity contribution in [2.45, 2.75) is 13.3 Å². The van der Waals surface area contributed by atoms with E-state index in [2.05, 4.69) is 0 Å². The normalized spacial score (nSPS) is 10.3. The van der Waals surface area contributed by atoms with Crippen molar-refractivity contribution in [3.8, 4) is 0 Å². The van der Waals surface area contributed by atoms with Gasteiger partial charge in [0.05, 0.1) is 6.26 Å². The first kappa shape index (κ1) is 14.8. The van der Waals surface area contributed by atoms with Gasteiger partial charge in [0.25, 0.3) is 5.91 Å². The first-order valence-electron chi connectivity index (χ1n) is 6.67. The second kappa shape index (κ2) is 6.74. The van der Waals surface area contributed by atoms with Crippen molar-refractivity contribution in [3.05, 3.63) is 59.5 Å². The number of carboxylic acids is 1. The molecular weight excluding hydrogens is 270 g/mol. The average Bonchev–Trinajstić information content (AvgIpc) is 2.89. The van der Waals surface area contributed by atoms with Gasteiger partial charge in [-0.05, 0) is 25.0 Å². The van der Waals surface area contributed by atoms with Crippen LogP contribution < -0.4 is 0 Å². The summed E-state index contributed by atoms with van der Waals surface area (Å²) < 4.78 is 5.16. The van der Waals surface area contributed by atoms with Crippen molar-refractivity contribution in [2.24, 2.45) is 0 Å². The van der Waals surface area contributed by atoms with Gasteiger partial charge < -0.3 is 14.4 Å². The van der Waals surface area contributed by atoms with Crippen LogP contribution in [0.1, 0.15) is 21.7 Å². The number of aliphatic carboxylic acids is 1. The summed E-state index contributed by atoms with van der Waals surface area (Å²) >= 11 is 0. The zero-order valence-electron chi connectivity index (χ0n) is 11.8. The Morgan fingerprint density at radius 1 is 1.19 bits per heavy atom. The standard InChI is InChI=1S/C16H17NO4/c1-12-8-10-21-15(12)16(20)17(11-14(18)19)9-7-13-5-3-2-4-6-13/h2-6,8,10H,7,9,11H2,1H3,(H,18,19). The lowest BCUT2D eigenvalue weighted by Crippen LogP contribution is -2.37. The minimum atomic E-state index is -1.04. The van der Waals surface area contributed by atoms with Crippen LogP contribution in [-0.2, 0) is 11.2 Å². The van der Waals surface area contributed by atoms with Gasteiger partial charge in [0, 0.05) is 12.1 Å². The van der Waals surface area contributed by atoms with Crippen LogP contribution in [0, 0.1) is 6.92 Å². The Morgan fingerprint density at radius 3 is 2.48 bits per heavy atom. The third kappa shape index (κ3) is 3.95. The molecule has 5 nitrogen and oxygen atoms in total. The number of carbonyl (C=O) groups is 2. The molecule has 1 aromatic heterocycles. The van der Waals surface area contributed by atoms with Gasteiger partial charge in [0.15, 0.2) is 5.76 Å². The van der Waals surface area contributed by atoms with Gasteiger partial charge in [-0.15, -0.1) is 0 Å². The Morgan fingerprint density at radius 2 is 1.90 bits per heavy atom. The van der Waals surface area contributed by atoms with Gasteiger partial charge >= 0.3 is 5.97 Å². The second-order valence-electron chi connectivity index (χ2n) is 4.79. The highest BCUT2D eigenvalue weighted by Crippen LogP contribution is 2.13. The monoisotopic (exact) mass is 287 g/mol. The van der Waals surface area contributed by atoms with Gasteiger partial charge in [-0.3, -0.25) is 9.59 Å². The smallest absolute Gasteiger partial charge is 0.323 e. The number of rotatable bonds is 6. The van der Waals surface area contributed by atoms with Gasteiger partial charge in [0.1, 0.15) is 6.54 Å². The van der Waals surface area contributed by atoms with Crippen molar-refractivity contribution in [3.63, 3.8) is 0 Å². The van der Waals surface area contributed by atoms with Crippen molar-refractivity contribution >= 4 is 11.9 Å². The lowest BCUT2D eigenvalue weighted by Gasteiger charge is -2.20. The topological polar surface area (TPSA) is 70.8 Å². The molecule has 0 aliphatic heterocycles. The quantitative estimate of drug-likeness (QED) is 0.885. The van der Waals surface area contributed by atoms with Crippen LogP contribution in [0.3, 0.4) is 0 Å². The molecule has 1 amide bonds. The van der Waals surface area contributed by atoms with Crippen LogP contribution in [0.2, 0.25) is 0 Å². The summed E-state index contributed by atoms with van der Waals surface area (Å²) in [5, 5.41) is 8.97. The highest BCUT2D eigenvalue weighted by atomic mass is 16.4. The van der Waals surface area contributed by atoms with Crippen molar-refractivity contribution < 1.29 is 19.1 Å². The van der Waals surface area contributed by atoms with Crippen LogP contribution in [0.5, 0.6) is 0 Å². The van der Waals surface area contributed by atoms with E-state index in [1.807, 2.05) is 30.3 Å². The van der Waals surface area contributed by atoms with Crippen LogP contribution in [-0.4, -0.2) is 35.0 Å². The SMILES string of the molecule is Cc1ccoc1C(=O)N(CCc1ccccc1)CC(=O)O. The summed E-state index contributed by atoms with van der Waals surface area (Å²) in [5.41, 5.74) is 1.76. The first-order chi connectivity index (χ1) is 10.1. The van der Waals surface area contributed by atoms with Crippen molar-refractivity contribution in [1.29, 1.82) is 0 Å². The van der Waals surface area contributed by atoms with Crippen LogP contribution in [0.25, 0.3) is 0 Å². The third-order valence-corrected chi connectivity index (χ3v) is 3.18. The van der Waals surface area contributed by atoms with E-state index in [1.165, 1.54) is 11.2 Å². The van der Waals surface area contributed by atoms with E-state index in [1.54, 1.807) is 13.0 Å². The molecule has 0 saturated carbocycles. The molecule has 1 heterocycles. The second-order valence-corrected chi connectivity index (χ2v) is 4.79. The summed E-state index contributed by atoms with van der Waals surface area (Å²) in [6, 6.07) is 11.3. The summed E-state index contributed by atoms with van der Waals surface area (Å²) in [5.74, 6) is -1.24. The van der Waals surface area contributed by atoms with Crippen molar-refractivity contribution in [1.82, 2.24) is 4.90 Å². The molecular formula is C16H17NO4. The molecule has 2 rings (SSSR count). The molecule has 2 aromatic rings. The minimum absolute atomic E-state index is 0.198. The van der Waals surface area contributed by atoms with E-state index in [9.17, 15) is 9.59 Å². The fourth-order valence-electron chi connectivity index (χ4n) is 2.06. The van der Waals surface area contributed by atoms with Crippen LogP contribution >= 0.6 is 0 Å². The molecule has 1 N–H and O–H groups in total. The molecule has 0 saturated heterocycles. The van der Waals surface area contributed by atoms with E-state index >= 15 is 0 Å². The zero-order valence-corrected chi connectivity index (χ0v) is 11.8. The molecule has 0 spiro atoms. The number of carboxylic acid groups (broad SMARTS) is 1. The van der Waals surface area contributed by atoms with Gasteiger partial charge in [-0.2, -0.15) is 0 Å². The lowest BCUT2D eigenvalue weighted by molar-refractivity contribution is -0.137. The molecule has 21 heavy (non-hydrogen) atoms. The van der Waals surface area contributed by atoms with Crippen LogP contribution in [0.4, 0.5) is 0 Å². The average molecular weight is 287 g/mol. The predicted octanol–water partition coefficient (Wildman–Crippen LogP) is 2.36. The maximum Gasteiger partial charge on any atom is 0.323 e. The molecule has 0 atom stereocenters. The molecule has 0 radical (unpaired) electrons. The largest absolute Gasteiger partial charge is 0.480 e. The Kier molecular flexibility index (Phi) is 4.77. The zero-order chi connectivity index (χ0) is 15.2. The third-order valence-electron chi connectivity index (χ3n) is 3.18. The number of nitrogens with zero attached hydrogens (tertiary/aromatic N) is 1. The highest BCUT2D eigenvalue weighted by molar-refractivity contribution is 5.94. The van der Waals surface area contributed by atoms with E-state index in [0.717, 1.165) is 5.56 Å². The molecule has 0 bridgehead atoms. The summed E-state index contributed by atoms with van der Waals surface area (Å²) in [6.45, 7) is 1.74. The van der Waals surface area contributed by atoms with Gasteiger partial charge in [-0.25, -0.2) is 0 Å². The molecule has 5 heteroatoms. The maximum atomic E-state index is 12.4. The lowest BCUT2D eigenvalue weighted by atomic mass is 10.1. The Labute approximate surface area is 122 Å². The van der Waals surface area contributed by atoms with Gasteiger partial charge in [0.2, 0.25) is 0 Å². The number of amides is 1. The number of furan rings is 1. The number of benzene rings is 1. The van der Waals surface area contributed by atoms with Crippen LogP contribution in [0.15, 0.2) is 47.1 Å². The fourth-order valence-corrected chi connectivity index (χ4v) is 2.06. The highest BCUT2D eigenvalue weighted by Gasteiger charge is 2.22.